The third-order valence-corrected chi connectivity index (χ3v) is 4.91. The van der Waals surface area contributed by atoms with Gasteiger partial charge in [-0.05, 0) is 55.4 Å². The number of hydrogen-bond acceptors (Lipinski definition) is 3. The molecule has 7 heteroatoms. The Labute approximate surface area is 168 Å². The zero-order valence-corrected chi connectivity index (χ0v) is 16.2. The molecule has 2 amide bonds. The molecule has 1 fully saturated rings. The normalized spacial score (nSPS) is 14.2. The Bertz CT molecular complexity index is 881. The van der Waals surface area contributed by atoms with Crippen LogP contribution in [0, 0.1) is 11.7 Å². The van der Waals surface area contributed by atoms with Crippen molar-refractivity contribution in [3.05, 3.63) is 59.9 Å². The smallest absolute Gasteiger partial charge is 0.260 e. The molecule has 1 aliphatic carbocycles. The minimum Gasteiger partial charge on any atom is -0.332 e. The summed E-state index contributed by atoms with van der Waals surface area (Å²) in [5.41, 5.74) is 1.18. The van der Waals surface area contributed by atoms with Crippen LogP contribution in [-0.4, -0.2) is 16.9 Å². The van der Waals surface area contributed by atoms with Gasteiger partial charge < -0.3 is 10.6 Å². The summed E-state index contributed by atoms with van der Waals surface area (Å²) >= 11 is 5.14. The Kier molecular flexibility index (Phi) is 6.71. The lowest BCUT2D eigenvalue weighted by molar-refractivity contribution is -0.120. The average molecular weight is 399 g/mol. The molecule has 0 spiro atoms. The van der Waals surface area contributed by atoms with Gasteiger partial charge >= 0.3 is 0 Å². The first-order valence-corrected chi connectivity index (χ1v) is 9.71. The molecule has 146 valence electrons. The van der Waals surface area contributed by atoms with Gasteiger partial charge in [-0.2, -0.15) is 0 Å². The first-order valence-electron chi connectivity index (χ1n) is 9.31. The Hall–Kier alpha value is -2.80. The van der Waals surface area contributed by atoms with Crippen LogP contribution < -0.4 is 16.0 Å². The van der Waals surface area contributed by atoms with Crippen molar-refractivity contribution in [2.24, 2.45) is 5.92 Å². The number of thiocarbonyl (C=S) groups is 1. The minimum absolute atomic E-state index is 0.0345. The van der Waals surface area contributed by atoms with Gasteiger partial charge in [0, 0.05) is 17.3 Å². The molecule has 1 aliphatic rings. The maximum Gasteiger partial charge on any atom is 0.260 e. The van der Waals surface area contributed by atoms with Crippen LogP contribution in [0.5, 0.6) is 0 Å². The first-order chi connectivity index (χ1) is 13.5. The number of hydrogen-bond donors (Lipinski definition) is 3. The van der Waals surface area contributed by atoms with E-state index in [-0.39, 0.29) is 22.5 Å². The molecule has 0 aromatic heterocycles. The van der Waals surface area contributed by atoms with E-state index < -0.39 is 11.7 Å². The van der Waals surface area contributed by atoms with E-state index in [0.29, 0.717) is 11.4 Å². The molecule has 0 saturated heterocycles. The largest absolute Gasteiger partial charge is 0.332 e. The summed E-state index contributed by atoms with van der Waals surface area (Å²) in [5, 5.41) is 8.32. The van der Waals surface area contributed by atoms with Crippen LogP contribution in [0.4, 0.5) is 15.8 Å². The topological polar surface area (TPSA) is 70.2 Å². The van der Waals surface area contributed by atoms with E-state index in [9.17, 15) is 14.0 Å². The number of anilines is 2. The molecule has 0 heterocycles. The molecule has 2 aromatic rings. The quantitative estimate of drug-likeness (QED) is 0.664. The van der Waals surface area contributed by atoms with Crippen LogP contribution in [0.15, 0.2) is 48.5 Å². The van der Waals surface area contributed by atoms with E-state index in [1.807, 2.05) is 0 Å². The third-order valence-electron chi connectivity index (χ3n) is 4.71. The van der Waals surface area contributed by atoms with Crippen LogP contribution >= 0.6 is 12.2 Å². The molecule has 0 bridgehead atoms. The van der Waals surface area contributed by atoms with Crippen molar-refractivity contribution < 1.29 is 14.0 Å². The van der Waals surface area contributed by atoms with Crippen molar-refractivity contribution in [1.29, 1.82) is 0 Å². The number of rotatable bonds is 4. The summed E-state index contributed by atoms with van der Waals surface area (Å²) in [6.45, 7) is 0. The number of carbonyl (C=O) groups excluding carboxylic acids is 2. The number of amides is 2. The Morgan fingerprint density at radius 2 is 1.61 bits per heavy atom. The van der Waals surface area contributed by atoms with Gasteiger partial charge in [-0.1, -0.05) is 37.5 Å². The fourth-order valence-corrected chi connectivity index (χ4v) is 3.47. The lowest BCUT2D eigenvalue weighted by Crippen LogP contribution is -2.34. The monoisotopic (exact) mass is 399 g/mol. The molecule has 0 radical (unpaired) electrons. The van der Waals surface area contributed by atoms with E-state index >= 15 is 0 Å². The van der Waals surface area contributed by atoms with E-state index in [1.165, 1.54) is 24.6 Å². The second kappa shape index (κ2) is 9.41. The van der Waals surface area contributed by atoms with Crippen LogP contribution in [0.1, 0.15) is 42.5 Å². The van der Waals surface area contributed by atoms with Crippen molar-refractivity contribution in [2.45, 2.75) is 32.1 Å². The zero-order valence-electron chi connectivity index (χ0n) is 15.3. The van der Waals surface area contributed by atoms with Crippen molar-refractivity contribution >= 4 is 40.5 Å². The van der Waals surface area contributed by atoms with Gasteiger partial charge in [-0.15, -0.1) is 0 Å². The second-order valence-electron chi connectivity index (χ2n) is 6.79. The summed E-state index contributed by atoms with van der Waals surface area (Å²) < 4.78 is 13.7. The average Bonchev–Trinajstić information content (AvgIpc) is 2.69. The van der Waals surface area contributed by atoms with Crippen LogP contribution in [0.25, 0.3) is 0 Å². The Morgan fingerprint density at radius 3 is 2.32 bits per heavy atom. The molecule has 2 aromatic carbocycles. The zero-order chi connectivity index (χ0) is 19.9. The fraction of sp³-hybridized carbons (Fsp3) is 0.286. The summed E-state index contributed by atoms with van der Waals surface area (Å²) in [5.74, 6) is -1.15. The molecule has 0 aliphatic heterocycles. The molecule has 5 nitrogen and oxygen atoms in total. The highest BCUT2D eigenvalue weighted by Crippen LogP contribution is 2.25. The van der Waals surface area contributed by atoms with Gasteiger partial charge in [0.1, 0.15) is 5.82 Å². The lowest BCUT2D eigenvalue weighted by atomic mass is 9.88. The van der Waals surface area contributed by atoms with Crippen LogP contribution in [0.2, 0.25) is 0 Å². The highest BCUT2D eigenvalue weighted by atomic mass is 32.1. The number of carbonyl (C=O) groups is 2. The van der Waals surface area contributed by atoms with Gasteiger partial charge in [-0.25, -0.2) is 4.39 Å². The second-order valence-corrected chi connectivity index (χ2v) is 7.20. The maximum absolute atomic E-state index is 13.7. The molecule has 0 atom stereocenters. The maximum atomic E-state index is 13.7. The fourth-order valence-electron chi connectivity index (χ4n) is 3.26. The van der Waals surface area contributed by atoms with Gasteiger partial charge in [0.25, 0.3) is 5.91 Å². The summed E-state index contributed by atoms with van der Waals surface area (Å²) in [6, 6.07) is 12.8. The minimum atomic E-state index is -0.627. The Balaban J connectivity index is 1.57. The summed E-state index contributed by atoms with van der Waals surface area (Å²) in [4.78, 5) is 24.5. The highest BCUT2D eigenvalue weighted by Gasteiger charge is 2.21. The molecule has 3 N–H and O–H groups in total. The Morgan fingerprint density at radius 1 is 0.929 bits per heavy atom. The van der Waals surface area contributed by atoms with Crippen LogP contribution in [0.3, 0.4) is 0 Å². The SMILES string of the molecule is O=C(NC(=S)Nc1cccc(NC(=O)C2CCCCC2)c1)c1ccccc1F. The van der Waals surface area contributed by atoms with E-state index in [0.717, 1.165) is 25.7 Å². The van der Waals surface area contributed by atoms with Crippen molar-refractivity contribution in [3.8, 4) is 0 Å². The van der Waals surface area contributed by atoms with Gasteiger partial charge in [0.15, 0.2) is 5.11 Å². The predicted octanol–water partition coefficient (Wildman–Crippen LogP) is 4.47. The van der Waals surface area contributed by atoms with Gasteiger partial charge in [0.2, 0.25) is 5.91 Å². The molecule has 28 heavy (non-hydrogen) atoms. The van der Waals surface area contributed by atoms with Gasteiger partial charge in [-0.3, -0.25) is 14.9 Å². The van der Waals surface area contributed by atoms with Gasteiger partial charge in [0.05, 0.1) is 5.56 Å². The standard InChI is InChI=1S/C21H22FN3O2S/c22-18-12-5-4-11-17(18)20(27)25-21(28)24-16-10-6-9-15(13-16)23-19(26)14-7-2-1-3-8-14/h4-6,9-14H,1-3,7-8H2,(H,23,26)(H2,24,25,27,28). The van der Waals surface area contributed by atoms with Crippen molar-refractivity contribution in [1.82, 2.24) is 5.32 Å². The van der Waals surface area contributed by atoms with Crippen molar-refractivity contribution in [3.63, 3.8) is 0 Å². The highest BCUT2D eigenvalue weighted by molar-refractivity contribution is 7.80. The first kappa shape index (κ1) is 19.9. The molecule has 0 unspecified atom stereocenters. The number of halogens is 1. The molecule has 1 saturated carbocycles. The number of benzene rings is 2. The van der Waals surface area contributed by atoms with E-state index in [1.54, 1.807) is 30.3 Å². The molecular weight excluding hydrogens is 377 g/mol. The molecular formula is C21H22FN3O2S. The summed E-state index contributed by atoms with van der Waals surface area (Å²) in [7, 11) is 0. The summed E-state index contributed by atoms with van der Waals surface area (Å²) in [6.07, 6.45) is 5.23. The van der Waals surface area contributed by atoms with E-state index in [2.05, 4.69) is 16.0 Å². The van der Waals surface area contributed by atoms with E-state index in [4.69, 9.17) is 12.2 Å². The predicted molar refractivity (Wildman–Crippen MR) is 112 cm³/mol. The van der Waals surface area contributed by atoms with Crippen molar-refractivity contribution in [2.75, 3.05) is 10.6 Å². The number of nitrogens with one attached hydrogen (secondary N) is 3. The lowest BCUT2D eigenvalue weighted by Gasteiger charge is -2.21. The van der Waals surface area contributed by atoms with Crippen LogP contribution in [-0.2, 0) is 4.79 Å². The third kappa shape index (κ3) is 5.36. The molecule has 3 rings (SSSR count).